The van der Waals surface area contributed by atoms with Gasteiger partial charge in [-0.1, -0.05) is 19.1 Å². The first-order valence-electron chi connectivity index (χ1n) is 6.92. The van der Waals surface area contributed by atoms with E-state index in [4.69, 9.17) is 5.11 Å². The lowest BCUT2D eigenvalue weighted by Gasteiger charge is -2.41. The Labute approximate surface area is 118 Å². The highest BCUT2D eigenvalue weighted by atomic mass is 16.4. The summed E-state index contributed by atoms with van der Waals surface area (Å²) in [6, 6.07) is 10.3. The van der Waals surface area contributed by atoms with E-state index in [0.29, 0.717) is 0 Å². The molecule has 0 spiro atoms. The lowest BCUT2D eigenvalue weighted by atomic mass is 9.87. The van der Waals surface area contributed by atoms with Gasteiger partial charge in [-0.15, -0.1) is 0 Å². The minimum absolute atomic E-state index is 0.243. The Balaban J connectivity index is 1.63. The van der Waals surface area contributed by atoms with Gasteiger partial charge in [0.1, 0.15) is 0 Å². The molecule has 2 aromatic rings. The molecule has 1 unspecified atom stereocenters. The second-order valence-electron chi connectivity index (χ2n) is 5.61. The molecule has 1 fully saturated rings. The molecule has 1 aromatic heterocycles. The molecule has 4 nitrogen and oxygen atoms in total. The molecule has 1 aliphatic heterocycles. The lowest BCUT2D eigenvalue weighted by molar-refractivity contribution is -0.145. The number of aromatic nitrogens is 1. The minimum atomic E-state index is -0.688. The van der Waals surface area contributed by atoms with Crippen molar-refractivity contribution >= 4 is 16.9 Å². The summed E-state index contributed by atoms with van der Waals surface area (Å²) in [6.45, 7) is 4.43. The molecule has 104 valence electrons. The summed E-state index contributed by atoms with van der Waals surface area (Å²) in [7, 11) is 0. The fraction of sp³-hybridized carbons (Fsp3) is 0.375. The average molecular weight is 270 g/mol. The number of hydrogen-bond donors (Lipinski definition) is 1. The fourth-order valence-corrected chi connectivity index (χ4v) is 2.74. The summed E-state index contributed by atoms with van der Waals surface area (Å²) in [4.78, 5) is 17.5. The number of hydrogen-bond acceptors (Lipinski definition) is 3. The molecule has 0 saturated carbocycles. The molecule has 0 aliphatic carbocycles. The van der Waals surface area contributed by atoms with Crippen LogP contribution in [0.5, 0.6) is 0 Å². The second kappa shape index (κ2) is 5.21. The van der Waals surface area contributed by atoms with Crippen LogP contribution in [0.4, 0.5) is 0 Å². The molecule has 1 atom stereocenters. The van der Waals surface area contributed by atoms with Crippen LogP contribution in [0.3, 0.4) is 0 Å². The molecule has 1 aliphatic rings. The zero-order valence-corrected chi connectivity index (χ0v) is 11.5. The Hall–Kier alpha value is -1.94. The SMILES string of the molecule is CC(C(=O)O)C1CN(Cc2ccc3ncccc3c2)C1. The Morgan fingerprint density at radius 1 is 1.45 bits per heavy atom. The second-order valence-corrected chi connectivity index (χ2v) is 5.61. The van der Waals surface area contributed by atoms with E-state index in [0.717, 1.165) is 30.5 Å². The molecule has 3 rings (SSSR count). The number of aliphatic carboxylic acids is 1. The van der Waals surface area contributed by atoms with Crippen LogP contribution < -0.4 is 0 Å². The highest BCUT2D eigenvalue weighted by molar-refractivity contribution is 5.78. The Morgan fingerprint density at radius 3 is 3.00 bits per heavy atom. The summed E-state index contributed by atoms with van der Waals surface area (Å²) in [5, 5.41) is 10.1. The maximum atomic E-state index is 10.9. The van der Waals surface area contributed by atoms with Crippen LogP contribution in [0.1, 0.15) is 12.5 Å². The number of pyridine rings is 1. The van der Waals surface area contributed by atoms with Crippen LogP contribution in [0.15, 0.2) is 36.5 Å². The first-order chi connectivity index (χ1) is 9.63. The monoisotopic (exact) mass is 270 g/mol. The molecule has 20 heavy (non-hydrogen) atoms. The van der Waals surface area contributed by atoms with Crippen LogP contribution in [0.25, 0.3) is 10.9 Å². The standard InChI is InChI=1S/C16H18N2O2/c1-11(16(19)20)14-9-18(10-14)8-12-4-5-15-13(7-12)3-2-6-17-15/h2-7,11,14H,8-10H2,1H3,(H,19,20). The Bertz CT molecular complexity index is 635. The van der Waals surface area contributed by atoms with Gasteiger partial charge in [-0.2, -0.15) is 0 Å². The number of rotatable bonds is 4. The Morgan fingerprint density at radius 2 is 2.25 bits per heavy atom. The van der Waals surface area contributed by atoms with Gasteiger partial charge >= 0.3 is 5.97 Å². The summed E-state index contributed by atoms with van der Waals surface area (Å²) in [5.41, 5.74) is 2.27. The molecular formula is C16H18N2O2. The van der Waals surface area contributed by atoms with Gasteiger partial charge in [0.05, 0.1) is 11.4 Å². The van der Waals surface area contributed by atoms with Crippen LogP contribution in [0, 0.1) is 11.8 Å². The molecule has 0 amide bonds. The van der Waals surface area contributed by atoms with Gasteiger partial charge in [0.2, 0.25) is 0 Å². The number of nitrogens with zero attached hydrogens (tertiary/aromatic N) is 2. The zero-order chi connectivity index (χ0) is 14.1. The van der Waals surface area contributed by atoms with Gasteiger partial charge < -0.3 is 5.11 Å². The molecule has 4 heteroatoms. The van der Waals surface area contributed by atoms with Crippen molar-refractivity contribution in [1.29, 1.82) is 0 Å². The average Bonchev–Trinajstić information content (AvgIpc) is 2.41. The van der Waals surface area contributed by atoms with Crippen LogP contribution >= 0.6 is 0 Å². The van der Waals surface area contributed by atoms with Gasteiger partial charge in [0, 0.05) is 31.2 Å². The molecular weight excluding hydrogens is 252 g/mol. The largest absolute Gasteiger partial charge is 0.481 e. The lowest BCUT2D eigenvalue weighted by Crippen LogP contribution is -2.50. The minimum Gasteiger partial charge on any atom is -0.481 e. The summed E-state index contributed by atoms with van der Waals surface area (Å²) in [6.07, 6.45) is 1.80. The maximum absolute atomic E-state index is 10.9. The van der Waals surface area contributed by atoms with Crippen LogP contribution in [0.2, 0.25) is 0 Å². The third-order valence-corrected chi connectivity index (χ3v) is 4.16. The molecule has 2 heterocycles. The molecule has 0 bridgehead atoms. The third-order valence-electron chi connectivity index (χ3n) is 4.16. The fourth-order valence-electron chi connectivity index (χ4n) is 2.74. The summed E-state index contributed by atoms with van der Waals surface area (Å²) in [5.74, 6) is -0.645. The number of carboxylic acids is 1. The normalized spacial score (nSPS) is 17.9. The summed E-state index contributed by atoms with van der Waals surface area (Å²) < 4.78 is 0. The predicted octanol–water partition coefficient (Wildman–Crippen LogP) is 2.39. The summed E-state index contributed by atoms with van der Waals surface area (Å²) >= 11 is 0. The highest BCUT2D eigenvalue weighted by Gasteiger charge is 2.34. The number of fused-ring (bicyclic) bond motifs is 1. The first kappa shape index (κ1) is 13.1. The van der Waals surface area contributed by atoms with Crippen molar-refractivity contribution in [3.8, 4) is 0 Å². The van der Waals surface area contributed by atoms with E-state index in [-0.39, 0.29) is 11.8 Å². The highest BCUT2D eigenvalue weighted by Crippen LogP contribution is 2.26. The molecule has 1 aromatic carbocycles. The van der Waals surface area contributed by atoms with E-state index in [2.05, 4.69) is 28.1 Å². The Kier molecular flexibility index (Phi) is 3.40. The molecule has 1 saturated heterocycles. The quantitative estimate of drug-likeness (QED) is 0.926. The van der Waals surface area contributed by atoms with E-state index >= 15 is 0 Å². The number of benzene rings is 1. The van der Waals surface area contributed by atoms with Gasteiger partial charge in [-0.25, -0.2) is 0 Å². The van der Waals surface area contributed by atoms with Crippen molar-refractivity contribution in [3.63, 3.8) is 0 Å². The predicted molar refractivity (Wildman–Crippen MR) is 77.3 cm³/mol. The van der Waals surface area contributed by atoms with Crippen molar-refractivity contribution in [2.24, 2.45) is 11.8 Å². The van der Waals surface area contributed by atoms with Gasteiger partial charge in [-0.05, 0) is 29.7 Å². The number of carbonyl (C=O) groups is 1. The molecule has 1 N–H and O–H groups in total. The van der Waals surface area contributed by atoms with E-state index in [1.165, 1.54) is 5.56 Å². The van der Waals surface area contributed by atoms with Gasteiger partial charge in [0.15, 0.2) is 0 Å². The van der Waals surface area contributed by atoms with Crippen molar-refractivity contribution in [2.75, 3.05) is 13.1 Å². The van der Waals surface area contributed by atoms with Crippen molar-refractivity contribution in [3.05, 3.63) is 42.1 Å². The number of likely N-dealkylation sites (tertiary alicyclic amines) is 1. The smallest absolute Gasteiger partial charge is 0.306 e. The molecule has 0 radical (unpaired) electrons. The third kappa shape index (κ3) is 2.51. The number of carboxylic acid groups (broad SMARTS) is 1. The van der Waals surface area contributed by atoms with Crippen molar-refractivity contribution in [1.82, 2.24) is 9.88 Å². The van der Waals surface area contributed by atoms with E-state index < -0.39 is 5.97 Å². The van der Waals surface area contributed by atoms with Gasteiger partial charge in [0.25, 0.3) is 0 Å². The van der Waals surface area contributed by atoms with Crippen molar-refractivity contribution < 1.29 is 9.90 Å². The van der Waals surface area contributed by atoms with Crippen LogP contribution in [-0.2, 0) is 11.3 Å². The van der Waals surface area contributed by atoms with E-state index in [1.807, 2.05) is 12.1 Å². The van der Waals surface area contributed by atoms with Crippen molar-refractivity contribution in [2.45, 2.75) is 13.5 Å². The van der Waals surface area contributed by atoms with Gasteiger partial charge in [-0.3, -0.25) is 14.7 Å². The van der Waals surface area contributed by atoms with E-state index in [9.17, 15) is 4.79 Å². The van der Waals surface area contributed by atoms with E-state index in [1.54, 1.807) is 13.1 Å². The first-order valence-corrected chi connectivity index (χ1v) is 6.92. The maximum Gasteiger partial charge on any atom is 0.306 e. The van der Waals surface area contributed by atoms with Crippen LogP contribution in [-0.4, -0.2) is 34.0 Å². The topological polar surface area (TPSA) is 53.4 Å². The zero-order valence-electron chi connectivity index (χ0n) is 11.5.